The summed E-state index contributed by atoms with van der Waals surface area (Å²) >= 11 is 1.61. The van der Waals surface area contributed by atoms with Crippen molar-refractivity contribution in [2.45, 2.75) is 18.6 Å². The summed E-state index contributed by atoms with van der Waals surface area (Å²) in [6.45, 7) is 7.22. The van der Waals surface area contributed by atoms with Gasteiger partial charge in [-0.3, -0.25) is 9.69 Å². The van der Waals surface area contributed by atoms with Crippen molar-refractivity contribution in [3.05, 3.63) is 21.9 Å². The van der Waals surface area contributed by atoms with Gasteiger partial charge in [0.25, 0.3) is 5.91 Å². The van der Waals surface area contributed by atoms with E-state index < -0.39 is 5.60 Å². The monoisotopic (exact) mass is 365 g/mol. The average Bonchev–Trinajstić information content (AvgIpc) is 3.30. The van der Waals surface area contributed by atoms with Crippen molar-refractivity contribution in [2.24, 2.45) is 5.92 Å². The first-order valence-electron chi connectivity index (χ1n) is 9.13. The van der Waals surface area contributed by atoms with E-state index in [1.54, 1.807) is 11.3 Å². The van der Waals surface area contributed by atoms with Gasteiger partial charge in [0, 0.05) is 56.7 Å². The third-order valence-corrected chi connectivity index (χ3v) is 6.96. The molecule has 0 radical (unpaired) electrons. The van der Waals surface area contributed by atoms with Gasteiger partial charge >= 0.3 is 0 Å². The molecule has 1 amide bonds. The van der Waals surface area contributed by atoms with Gasteiger partial charge < -0.3 is 19.6 Å². The number of likely N-dealkylation sites (tertiary alicyclic amines) is 1. The molecular formula is C18H27N3O3S. The molecule has 4 rings (SSSR count). The third kappa shape index (κ3) is 3.36. The summed E-state index contributed by atoms with van der Waals surface area (Å²) in [5, 5.41) is 9.73. The van der Waals surface area contributed by atoms with E-state index in [0.29, 0.717) is 19.7 Å². The smallest absolute Gasteiger partial charge is 0.264 e. The second-order valence-corrected chi connectivity index (χ2v) is 8.76. The lowest BCUT2D eigenvalue weighted by Gasteiger charge is -2.31. The Bertz CT molecular complexity index is 629. The van der Waals surface area contributed by atoms with E-state index in [0.717, 1.165) is 44.0 Å². The van der Waals surface area contributed by atoms with Gasteiger partial charge in [-0.2, -0.15) is 0 Å². The Kier molecular flexibility index (Phi) is 4.85. The highest BCUT2D eigenvalue weighted by Crippen LogP contribution is 2.39. The van der Waals surface area contributed by atoms with E-state index in [9.17, 15) is 9.90 Å². The first-order valence-corrected chi connectivity index (χ1v) is 9.95. The van der Waals surface area contributed by atoms with Gasteiger partial charge in [-0.1, -0.05) is 0 Å². The minimum atomic E-state index is -0.518. The first kappa shape index (κ1) is 17.4. The van der Waals surface area contributed by atoms with Crippen LogP contribution in [-0.4, -0.2) is 90.8 Å². The number of likely N-dealkylation sites (N-methyl/N-ethyl adjacent to an activating group) is 1. The Labute approximate surface area is 153 Å². The number of hydrogen-bond acceptors (Lipinski definition) is 6. The second-order valence-electron chi connectivity index (χ2n) is 7.59. The number of aliphatic hydroxyl groups excluding tert-OH is 1. The number of hydrogen-bond donors (Lipinski definition) is 1. The summed E-state index contributed by atoms with van der Waals surface area (Å²) in [6.07, 6.45) is 0.934. The lowest BCUT2D eigenvalue weighted by Crippen LogP contribution is -2.43. The highest BCUT2D eigenvalue weighted by molar-refractivity contribution is 7.14. The number of carbonyl (C=O) groups excluding carboxylic acids is 1. The molecule has 4 heterocycles. The normalized spacial score (nSPS) is 30.8. The van der Waals surface area contributed by atoms with Crippen LogP contribution in [0.3, 0.4) is 0 Å². The molecule has 1 aromatic rings. The van der Waals surface area contributed by atoms with E-state index >= 15 is 0 Å². The number of fused-ring (bicyclic) bond motifs is 1. The molecule has 25 heavy (non-hydrogen) atoms. The average molecular weight is 365 g/mol. The molecule has 0 bridgehead atoms. The van der Waals surface area contributed by atoms with Crippen molar-refractivity contribution >= 4 is 17.2 Å². The van der Waals surface area contributed by atoms with Gasteiger partial charge in [0.1, 0.15) is 5.60 Å². The molecule has 3 aliphatic rings. The molecule has 3 fully saturated rings. The molecule has 0 spiro atoms. The van der Waals surface area contributed by atoms with Crippen LogP contribution >= 0.6 is 11.3 Å². The summed E-state index contributed by atoms with van der Waals surface area (Å²) in [5.74, 6) is 0.353. The summed E-state index contributed by atoms with van der Waals surface area (Å²) in [7, 11) is 2.16. The van der Waals surface area contributed by atoms with Crippen LogP contribution in [0.4, 0.5) is 0 Å². The van der Waals surface area contributed by atoms with Crippen molar-refractivity contribution in [3.8, 4) is 0 Å². The summed E-state index contributed by atoms with van der Waals surface area (Å²) in [6, 6.07) is 4.05. The zero-order valence-corrected chi connectivity index (χ0v) is 15.6. The van der Waals surface area contributed by atoms with Crippen LogP contribution < -0.4 is 0 Å². The summed E-state index contributed by atoms with van der Waals surface area (Å²) < 4.78 is 5.79. The lowest BCUT2D eigenvalue weighted by molar-refractivity contribution is -0.0446. The predicted octanol–water partition coefficient (Wildman–Crippen LogP) is 0.719. The van der Waals surface area contributed by atoms with Crippen molar-refractivity contribution < 1.29 is 14.6 Å². The third-order valence-electron chi connectivity index (χ3n) is 5.90. The van der Waals surface area contributed by atoms with Gasteiger partial charge in [-0.05, 0) is 25.6 Å². The van der Waals surface area contributed by atoms with Crippen LogP contribution in [0, 0.1) is 5.92 Å². The molecule has 138 valence electrons. The van der Waals surface area contributed by atoms with Crippen molar-refractivity contribution in [1.82, 2.24) is 14.7 Å². The maximum absolute atomic E-state index is 12.9. The highest BCUT2D eigenvalue weighted by Gasteiger charge is 2.52. The molecule has 0 saturated carbocycles. The van der Waals surface area contributed by atoms with Gasteiger partial charge in [0.2, 0.25) is 0 Å². The number of thiophene rings is 1. The largest absolute Gasteiger partial charge is 0.393 e. The predicted molar refractivity (Wildman–Crippen MR) is 96.9 cm³/mol. The molecule has 0 aliphatic carbocycles. The fourth-order valence-corrected chi connectivity index (χ4v) is 5.23. The topological polar surface area (TPSA) is 56.2 Å². The minimum absolute atomic E-state index is 0.000539. The maximum Gasteiger partial charge on any atom is 0.264 e. The molecular weight excluding hydrogens is 338 g/mol. The molecule has 0 unspecified atom stereocenters. The number of aliphatic hydroxyl groups is 1. The number of amides is 1. The van der Waals surface area contributed by atoms with Crippen LogP contribution in [0.5, 0.6) is 0 Å². The number of rotatable bonds is 4. The van der Waals surface area contributed by atoms with E-state index in [-0.39, 0.29) is 18.4 Å². The van der Waals surface area contributed by atoms with Crippen LogP contribution in [0.15, 0.2) is 12.1 Å². The molecule has 0 aromatic carbocycles. The van der Waals surface area contributed by atoms with E-state index in [1.165, 1.54) is 4.88 Å². The molecule has 6 nitrogen and oxygen atoms in total. The van der Waals surface area contributed by atoms with Crippen molar-refractivity contribution in [2.75, 3.05) is 59.5 Å². The number of carbonyl (C=O) groups is 1. The van der Waals surface area contributed by atoms with Crippen LogP contribution in [0.1, 0.15) is 21.0 Å². The fraction of sp³-hybridized carbons (Fsp3) is 0.722. The summed E-state index contributed by atoms with van der Waals surface area (Å²) in [4.78, 5) is 21.6. The Morgan fingerprint density at radius 2 is 2.16 bits per heavy atom. The number of piperazine rings is 1. The SMILES string of the molecule is CN1CCN(Cc2ccc(C(=O)N3C[C@@H]4CCO[C@]4(CO)C3)s2)CC1. The van der Waals surface area contributed by atoms with Gasteiger partial charge in [-0.15, -0.1) is 11.3 Å². The van der Waals surface area contributed by atoms with Crippen LogP contribution in [0.2, 0.25) is 0 Å². The Hall–Kier alpha value is -0.990. The zero-order valence-electron chi connectivity index (χ0n) is 14.8. The molecule has 1 N–H and O–H groups in total. The Morgan fingerprint density at radius 1 is 1.36 bits per heavy atom. The number of ether oxygens (including phenoxy) is 1. The van der Waals surface area contributed by atoms with E-state index in [2.05, 4.69) is 22.9 Å². The standard InChI is InChI=1S/C18H27N3O3S/c1-19-5-7-20(8-6-19)11-15-2-3-16(25-15)17(23)21-10-14-4-9-24-18(14,12-21)13-22/h2-3,14,22H,4-13H2,1H3/t14-,18-/m0/s1. The van der Waals surface area contributed by atoms with E-state index in [1.807, 2.05) is 11.0 Å². The molecule has 3 saturated heterocycles. The zero-order chi connectivity index (χ0) is 17.4. The van der Waals surface area contributed by atoms with Gasteiger partial charge in [-0.25, -0.2) is 0 Å². The number of nitrogens with zero attached hydrogens (tertiary/aromatic N) is 3. The Morgan fingerprint density at radius 3 is 2.88 bits per heavy atom. The van der Waals surface area contributed by atoms with Gasteiger partial charge in [0.05, 0.1) is 18.0 Å². The lowest BCUT2D eigenvalue weighted by atomic mass is 9.92. The maximum atomic E-state index is 12.9. The molecule has 2 atom stereocenters. The fourth-order valence-electron chi connectivity index (χ4n) is 4.21. The molecule has 7 heteroatoms. The van der Waals surface area contributed by atoms with Gasteiger partial charge in [0.15, 0.2) is 0 Å². The molecule has 1 aromatic heterocycles. The Balaban J connectivity index is 1.38. The van der Waals surface area contributed by atoms with Crippen molar-refractivity contribution in [3.63, 3.8) is 0 Å². The first-order chi connectivity index (χ1) is 12.1. The molecule has 3 aliphatic heterocycles. The quantitative estimate of drug-likeness (QED) is 0.852. The minimum Gasteiger partial charge on any atom is -0.393 e. The van der Waals surface area contributed by atoms with Crippen LogP contribution in [0.25, 0.3) is 0 Å². The van der Waals surface area contributed by atoms with Crippen molar-refractivity contribution in [1.29, 1.82) is 0 Å². The van der Waals surface area contributed by atoms with Crippen LogP contribution in [-0.2, 0) is 11.3 Å². The highest BCUT2D eigenvalue weighted by atomic mass is 32.1. The summed E-state index contributed by atoms with van der Waals surface area (Å²) in [5.41, 5.74) is -0.518. The second kappa shape index (κ2) is 6.96. The van der Waals surface area contributed by atoms with E-state index in [4.69, 9.17) is 4.74 Å².